The first-order valence-electron chi connectivity index (χ1n) is 44.9. The fourth-order valence-corrected chi connectivity index (χ4v) is 17.4. The maximum absolute atomic E-state index is 15.8. The van der Waals surface area contributed by atoms with Crippen LogP contribution in [0.2, 0.25) is 0 Å². The van der Waals surface area contributed by atoms with E-state index in [1.54, 1.807) is 58.0 Å². The third-order valence-electron chi connectivity index (χ3n) is 22.4. The predicted molar refractivity (Wildman–Crippen MR) is 501 cm³/mol. The normalized spacial score (nSPS) is 22.3. The lowest BCUT2D eigenvalue weighted by Gasteiger charge is -2.31. The van der Waals surface area contributed by atoms with Gasteiger partial charge in [-0.3, -0.25) is 103 Å². The second kappa shape index (κ2) is 57.5. The lowest BCUT2D eigenvalue weighted by atomic mass is 9.96. The Morgan fingerprint density at radius 3 is 1.44 bits per heavy atom. The van der Waals surface area contributed by atoms with Gasteiger partial charge in [0.05, 0.1) is 13.0 Å². The molecule has 748 valence electrons. The molecule has 0 bridgehead atoms. The van der Waals surface area contributed by atoms with Crippen LogP contribution in [-0.4, -0.2) is 297 Å². The first kappa shape index (κ1) is 112. The van der Waals surface area contributed by atoms with E-state index in [-0.39, 0.29) is 171 Å². The van der Waals surface area contributed by atoms with Crippen molar-refractivity contribution in [2.75, 3.05) is 57.4 Å². The van der Waals surface area contributed by atoms with E-state index in [2.05, 4.69) is 90.4 Å². The second-order valence-corrected chi connectivity index (χ2v) is 36.6. The van der Waals surface area contributed by atoms with Crippen molar-refractivity contribution in [1.82, 2.24) is 100 Å². The molecule has 0 radical (unpaired) electrons. The number of aliphatic carboxylic acids is 1. The Morgan fingerprint density at radius 1 is 0.496 bits per heavy atom. The highest BCUT2D eigenvalue weighted by molar-refractivity contribution is 8.76. The number of aryl methyl sites for hydroxylation is 1. The molecule has 135 heavy (non-hydrogen) atoms. The average molecular weight is 1930 g/mol. The number of primary amides is 1. The molecule has 3 heterocycles. The van der Waals surface area contributed by atoms with E-state index >= 15 is 38.4 Å². The lowest BCUT2D eigenvalue weighted by molar-refractivity contribution is -0.146. The highest BCUT2D eigenvalue weighted by atomic mass is 33.1. The number of phenols is 1. The molecule has 0 saturated carbocycles. The monoisotopic (exact) mass is 1930 g/mol. The average Bonchev–Trinajstić information content (AvgIpc) is 1.72. The summed E-state index contributed by atoms with van der Waals surface area (Å²) >= 11 is 0. The predicted octanol–water partition coefficient (Wildman–Crippen LogP) is -5.98. The molecule has 34 N–H and O–H groups in total. The summed E-state index contributed by atoms with van der Waals surface area (Å²) in [6.45, 7) is 9.51. The standard InChI is InChI=1S/C85H136N28O20S2/c1-8-46(6)66-79(131)107-59(41-114)74(126)104-57(39-49-26-29-50(116)30-27-49)73(125)106-58(40-64(117)118)80(132)112-36-17-25-63(112)77(129)110-65(45(4)5)78(130)108-60(75(127)102-53(22-14-34-97-84(91)92)69(121)100-51(67(86)119)20-12-32-95-82(87)88)42-134-135-43-61(109-70(122)54(23-15-35-98-85(93)94)101-68(120)52(99-47(7)115)21-13-33-96-83(89)90)81(133)113-37-16-24-62(113)76(128)105-56(38-44(2)3)72(124)103-55(71(123)111-66)31-28-48-18-10-9-11-19-48/h9-11,18-19,26-27,29-30,44-46,51-63,65-66,114,116H,8,12-17,20-25,28,31-43H2,1-7H3,(H2,86,119)(H,99,115)(H,100,121)(H,101,120)(H,102,127)(H,103,124)(H,104,126)(H,105,128)(H,106,125)(H,107,131)(H,108,130)(H,109,122)(H,110,129)(H,111,123)(H,117,118)(H4,87,88,95)(H4,89,90,96)(H4,91,92,97)(H4,93,94,98)/t46-,51-,52-,53-,54-,55-,56-,57-,58-,59-,60-,61-,62-,63-,65-,66-/m0/s1. The lowest BCUT2D eigenvalue weighted by Crippen LogP contribution is -2.62. The number of phenolic OH excluding ortho intramolecular Hbond substituents is 1. The Bertz CT molecular complexity index is 4450. The van der Waals surface area contributed by atoms with Crippen LogP contribution in [0.4, 0.5) is 0 Å². The molecule has 0 unspecified atom stereocenters. The zero-order chi connectivity index (χ0) is 100. The molecule has 3 fully saturated rings. The summed E-state index contributed by atoms with van der Waals surface area (Å²) in [6.07, 6.45) is -1.65. The van der Waals surface area contributed by atoms with Crippen LogP contribution in [-0.2, 0) is 94.3 Å². The molecule has 0 spiro atoms. The van der Waals surface area contributed by atoms with Crippen molar-refractivity contribution in [2.45, 2.75) is 255 Å². The minimum atomic E-state index is -2.01. The van der Waals surface area contributed by atoms with Crippen molar-refractivity contribution in [3.05, 3.63) is 65.7 Å². The molecule has 48 nitrogen and oxygen atoms in total. The van der Waals surface area contributed by atoms with Gasteiger partial charge in [0, 0.05) is 64.1 Å². The van der Waals surface area contributed by atoms with Gasteiger partial charge in [-0.1, -0.05) is 112 Å². The van der Waals surface area contributed by atoms with E-state index in [0.717, 1.165) is 38.3 Å². The second-order valence-electron chi connectivity index (χ2n) is 34.1. The summed E-state index contributed by atoms with van der Waals surface area (Å²) < 4.78 is 0. The molecule has 0 aliphatic carbocycles. The number of aliphatic hydroxyl groups excluding tert-OH is 1. The summed E-state index contributed by atoms with van der Waals surface area (Å²) in [4.78, 5) is 251. The van der Waals surface area contributed by atoms with Gasteiger partial charge < -0.3 is 144 Å². The minimum absolute atomic E-state index is 0.00176. The Balaban J connectivity index is 1.75. The van der Waals surface area contributed by atoms with Gasteiger partial charge in [0.25, 0.3) is 0 Å². The van der Waals surface area contributed by atoms with Crippen LogP contribution in [0.1, 0.15) is 162 Å². The van der Waals surface area contributed by atoms with Gasteiger partial charge in [-0.15, -0.1) is 0 Å². The van der Waals surface area contributed by atoms with Crippen molar-refractivity contribution in [3.63, 3.8) is 0 Å². The number of rotatable bonds is 39. The van der Waals surface area contributed by atoms with Crippen molar-refractivity contribution in [1.29, 1.82) is 21.6 Å². The maximum Gasteiger partial charge on any atom is 0.305 e. The van der Waals surface area contributed by atoms with Crippen molar-refractivity contribution < 1.29 is 96.8 Å². The summed E-state index contributed by atoms with van der Waals surface area (Å²) in [6, 6.07) is -10.0. The SMILES string of the molecule is CC[C@H](C)[C@@H]1NC(=O)[C@H](CCc2ccccc2)NC(=O)[C@H](CC(C)C)NC(=O)[C@@H]2CCCN2C(=O)[C@@H](NC(=O)[C@H](CCCNC(=N)N)NC(=O)[C@H](CCCNC(=N)N)NC(C)=O)CSSC[C@@H](C(=O)N[C@@H](CCCNC(=N)N)C(=O)N[C@@H](CCCNC(=N)N)C(N)=O)NC(=O)[C@H](C(C)C)NC(=O)[C@@H]2CCCN2C(=O)[C@H](CC(=O)O)NC(=O)[C@H](Cc2ccc(O)cc2)NC(=O)[C@H](CO)NC1=O. The van der Waals surface area contributed by atoms with E-state index in [1.807, 2.05) is 0 Å². The van der Waals surface area contributed by atoms with Crippen molar-refractivity contribution >= 4 is 146 Å². The van der Waals surface area contributed by atoms with E-state index in [9.17, 15) is 58.5 Å². The number of nitrogens with two attached hydrogens (primary N) is 5. The zero-order valence-corrected chi connectivity index (χ0v) is 78.7. The minimum Gasteiger partial charge on any atom is -0.508 e. The van der Waals surface area contributed by atoms with Crippen LogP contribution < -0.4 is 119 Å². The van der Waals surface area contributed by atoms with E-state index < -0.39 is 246 Å². The highest BCUT2D eigenvalue weighted by Gasteiger charge is 2.45. The van der Waals surface area contributed by atoms with E-state index in [4.69, 9.17) is 50.3 Å². The largest absolute Gasteiger partial charge is 0.508 e. The molecule has 16 amide bonds. The molecule has 16 atom stereocenters. The Labute approximate surface area is 790 Å². The number of aromatic hydroxyl groups is 1. The molecule has 3 aliphatic heterocycles. The van der Waals surface area contributed by atoms with Gasteiger partial charge in [-0.25, -0.2) is 0 Å². The third-order valence-corrected chi connectivity index (χ3v) is 24.9. The molecule has 0 aromatic heterocycles. The number of aliphatic hydroxyl groups is 1. The van der Waals surface area contributed by atoms with Crippen LogP contribution >= 0.6 is 21.6 Å². The van der Waals surface area contributed by atoms with Gasteiger partial charge in [0.15, 0.2) is 23.8 Å². The fourth-order valence-electron chi connectivity index (χ4n) is 15.1. The first-order chi connectivity index (χ1) is 63.9. The number of benzene rings is 2. The third kappa shape index (κ3) is 39.2. The molecule has 3 saturated heterocycles. The number of carboxylic acid groups (broad SMARTS) is 1. The van der Waals surface area contributed by atoms with Crippen LogP contribution in [0.5, 0.6) is 5.75 Å². The van der Waals surface area contributed by atoms with Crippen LogP contribution in [0.3, 0.4) is 0 Å². The van der Waals surface area contributed by atoms with Gasteiger partial charge in [-0.2, -0.15) is 0 Å². The molecule has 2 aromatic rings. The van der Waals surface area contributed by atoms with Crippen LogP contribution in [0.25, 0.3) is 0 Å². The number of guanidine groups is 4. The number of carboxylic acids is 1. The summed E-state index contributed by atoms with van der Waals surface area (Å²) in [5.74, 6) is -22.4. The number of nitrogens with zero attached hydrogens (tertiary/aromatic N) is 2. The fraction of sp³-hybridized carbons (Fsp3) is 0.612. The van der Waals surface area contributed by atoms with Crippen LogP contribution in [0.15, 0.2) is 54.6 Å². The molecule has 2 aromatic carbocycles. The number of fused-ring (bicyclic) bond motifs is 2. The molecule has 50 heteroatoms. The number of nitrogens with one attached hydrogen (secondary N) is 21. The Morgan fingerprint density at radius 2 is 0.941 bits per heavy atom. The van der Waals surface area contributed by atoms with E-state index in [0.29, 0.717) is 5.56 Å². The molecular weight excluding hydrogens is 1800 g/mol. The first-order valence-corrected chi connectivity index (χ1v) is 47.4. The Kier molecular flexibility index (Phi) is 47.9. The van der Waals surface area contributed by atoms with Gasteiger partial charge >= 0.3 is 5.97 Å². The van der Waals surface area contributed by atoms with Gasteiger partial charge in [0.1, 0.15) is 96.4 Å². The number of amides is 16. The number of hydrogen-bond acceptors (Lipinski definition) is 25. The highest BCUT2D eigenvalue weighted by Crippen LogP contribution is 2.28. The number of hydrogen-bond donors (Lipinski definition) is 29. The summed E-state index contributed by atoms with van der Waals surface area (Å²) in [5.41, 5.74) is 28.9. The maximum atomic E-state index is 15.8. The van der Waals surface area contributed by atoms with Gasteiger partial charge in [0.2, 0.25) is 94.5 Å². The van der Waals surface area contributed by atoms with E-state index in [1.165, 1.54) is 38.1 Å². The van der Waals surface area contributed by atoms with Crippen molar-refractivity contribution in [3.8, 4) is 5.75 Å². The number of carbonyl (C=O) groups is 17. The molecule has 5 rings (SSSR count). The van der Waals surface area contributed by atoms with Gasteiger partial charge in [-0.05, 0) is 137 Å². The van der Waals surface area contributed by atoms with Crippen LogP contribution in [0, 0.1) is 39.4 Å². The van der Waals surface area contributed by atoms with Crippen molar-refractivity contribution in [2.24, 2.45) is 46.4 Å². The molecule has 3 aliphatic rings. The summed E-state index contributed by atoms with van der Waals surface area (Å²) in [5, 5.41) is 107. The quantitative estimate of drug-likeness (QED) is 0.0128. The number of carbonyl (C=O) groups excluding carboxylic acids is 16. The molecular formula is C85H136N28O20S2. The zero-order valence-electron chi connectivity index (χ0n) is 77.1. The smallest absolute Gasteiger partial charge is 0.305 e. The summed E-state index contributed by atoms with van der Waals surface area (Å²) in [7, 11) is 1.62. The Hall–Kier alpha value is -13.0. The topological polar surface area (TPSA) is 787 Å².